The van der Waals surface area contributed by atoms with Crippen LogP contribution in [0.2, 0.25) is 0 Å². The van der Waals surface area contributed by atoms with Gasteiger partial charge in [0.05, 0.1) is 12.2 Å². The number of ether oxygens (including phenoxy) is 1. The van der Waals surface area contributed by atoms with Crippen LogP contribution in [0.25, 0.3) is 0 Å². The zero-order valence-corrected chi connectivity index (χ0v) is 8.85. The van der Waals surface area contributed by atoms with Crippen LogP contribution in [0, 0.1) is 0 Å². The molecule has 0 saturated heterocycles. The van der Waals surface area contributed by atoms with Crippen LogP contribution >= 0.6 is 0 Å². The number of carbonyl (C=O) groups excluding carboxylic acids is 1. The molecule has 0 bridgehead atoms. The summed E-state index contributed by atoms with van der Waals surface area (Å²) in [5.74, 6) is -0.608. The Hall–Kier alpha value is -0.860. The minimum Gasteiger partial charge on any atom is -0.462 e. The van der Waals surface area contributed by atoms with Crippen LogP contribution < -0.4 is 0 Å². The molecular weight excluding hydrogens is 183 g/mol. The molecule has 0 aliphatic heterocycles. The average Bonchev–Trinajstić information content (AvgIpc) is 2.21. The summed E-state index contributed by atoms with van der Waals surface area (Å²) < 4.78 is 16.7. The molecule has 82 valence electrons. The third-order valence-corrected chi connectivity index (χ3v) is 1.93. The molecule has 0 unspecified atom stereocenters. The lowest BCUT2D eigenvalue weighted by Gasteiger charge is -2.04. The lowest BCUT2D eigenvalue weighted by Crippen LogP contribution is -2.09. The zero-order chi connectivity index (χ0) is 10.8. The molecule has 3 heteroatoms. The fourth-order valence-electron chi connectivity index (χ4n) is 1.03. The van der Waals surface area contributed by atoms with Crippen LogP contribution in [0.1, 0.15) is 39.0 Å². The number of esters is 1. The van der Waals surface area contributed by atoms with Crippen molar-refractivity contribution in [2.75, 3.05) is 13.3 Å². The number of unbranched alkanes of at least 4 members (excludes halogenated alkanes) is 4. The van der Waals surface area contributed by atoms with Crippen LogP contribution in [0.5, 0.6) is 0 Å². The van der Waals surface area contributed by atoms with E-state index < -0.39 is 12.6 Å². The second-order valence-electron chi connectivity index (χ2n) is 3.29. The number of hydrogen-bond acceptors (Lipinski definition) is 2. The first-order chi connectivity index (χ1) is 6.72. The molecule has 0 aliphatic carbocycles. The molecule has 0 aromatic rings. The van der Waals surface area contributed by atoms with Crippen LogP contribution in [0.3, 0.4) is 0 Å². The summed E-state index contributed by atoms with van der Waals surface area (Å²) >= 11 is 0. The van der Waals surface area contributed by atoms with Crippen molar-refractivity contribution in [1.82, 2.24) is 0 Å². The van der Waals surface area contributed by atoms with Gasteiger partial charge < -0.3 is 4.74 Å². The smallest absolute Gasteiger partial charge is 0.336 e. The highest BCUT2D eigenvalue weighted by Crippen LogP contribution is 2.03. The third-order valence-electron chi connectivity index (χ3n) is 1.93. The lowest BCUT2D eigenvalue weighted by atomic mass is 10.2. The van der Waals surface area contributed by atoms with Crippen molar-refractivity contribution in [3.63, 3.8) is 0 Å². The van der Waals surface area contributed by atoms with Gasteiger partial charge in [-0.2, -0.15) is 0 Å². The zero-order valence-electron chi connectivity index (χ0n) is 8.85. The molecule has 0 aromatic carbocycles. The molecule has 0 atom stereocenters. The van der Waals surface area contributed by atoms with Gasteiger partial charge in [-0.15, -0.1) is 0 Å². The van der Waals surface area contributed by atoms with Crippen LogP contribution in [-0.4, -0.2) is 19.3 Å². The monoisotopic (exact) mass is 202 g/mol. The summed E-state index contributed by atoms with van der Waals surface area (Å²) in [4.78, 5) is 10.9. The van der Waals surface area contributed by atoms with Crippen molar-refractivity contribution in [3.05, 3.63) is 12.2 Å². The Morgan fingerprint density at radius 1 is 1.29 bits per heavy atom. The summed E-state index contributed by atoms with van der Waals surface area (Å²) in [6.45, 7) is 4.95. The number of halogens is 1. The Bertz CT molecular complexity index is 178. The molecular formula is C11H19FO2. The van der Waals surface area contributed by atoms with E-state index in [2.05, 4.69) is 13.5 Å². The van der Waals surface area contributed by atoms with Crippen LogP contribution in [-0.2, 0) is 9.53 Å². The van der Waals surface area contributed by atoms with Gasteiger partial charge in [0.25, 0.3) is 0 Å². The summed E-state index contributed by atoms with van der Waals surface area (Å²) in [7, 11) is 0. The first-order valence-corrected chi connectivity index (χ1v) is 5.13. The van der Waals surface area contributed by atoms with E-state index in [4.69, 9.17) is 4.74 Å². The van der Waals surface area contributed by atoms with Crippen LogP contribution in [0.4, 0.5) is 4.39 Å². The van der Waals surface area contributed by atoms with Gasteiger partial charge >= 0.3 is 5.97 Å². The molecule has 0 rings (SSSR count). The normalized spacial score (nSPS) is 9.86. The van der Waals surface area contributed by atoms with E-state index in [9.17, 15) is 9.18 Å². The van der Waals surface area contributed by atoms with Gasteiger partial charge in [-0.25, -0.2) is 9.18 Å². The molecule has 0 saturated carbocycles. The van der Waals surface area contributed by atoms with E-state index in [-0.39, 0.29) is 5.57 Å². The maximum absolute atomic E-state index is 11.9. The molecule has 0 radical (unpaired) electrons. The maximum Gasteiger partial charge on any atom is 0.336 e. The first-order valence-electron chi connectivity index (χ1n) is 5.13. The van der Waals surface area contributed by atoms with Crippen molar-refractivity contribution in [3.8, 4) is 0 Å². The van der Waals surface area contributed by atoms with Gasteiger partial charge in [0.1, 0.15) is 6.67 Å². The van der Waals surface area contributed by atoms with Crippen molar-refractivity contribution >= 4 is 5.97 Å². The highest BCUT2D eigenvalue weighted by molar-refractivity contribution is 5.87. The fraction of sp³-hybridized carbons (Fsp3) is 0.727. The van der Waals surface area contributed by atoms with E-state index in [0.29, 0.717) is 6.61 Å². The summed E-state index contributed by atoms with van der Waals surface area (Å²) in [5.41, 5.74) is -0.0986. The second kappa shape index (κ2) is 8.73. The number of rotatable bonds is 8. The Balaban J connectivity index is 3.27. The van der Waals surface area contributed by atoms with E-state index in [1.807, 2.05) is 0 Å². The Labute approximate surface area is 85.1 Å². The average molecular weight is 202 g/mol. The molecule has 0 amide bonds. The van der Waals surface area contributed by atoms with Gasteiger partial charge in [-0.3, -0.25) is 0 Å². The second-order valence-corrected chi connectivity index (χ2v) is 3.29. The number of alkyl halides is 1. The summed E-state index contributed by atoms with van der Waals surface area (Å²) in [6, 6.07) is 0. The summed E-state index contributed by atoms with van der Waals surface area (Å²) in [5, 5.41) is 0. The van der Waals surface area contributed by atoms with Gasteiger partial charge in [0.15, 0.2) is 0 Å². The number of hydrogen-bond donors (Lipinski definition) is 0. The van der Waals surface area contributed by atoms with E-state index in [0.717, 1.165) is 19.3 Å². The number of carbonyl (C=O) groups is 1. The van der Waals surface area contributed by atoms with E-state index in [1.54, 1.807) is 0 Å². The predicted molar refractivity (Wildman–Crippen MR) is 54.8 cm³/mol. The fourth-order valence-corrected chi connectivity index (χ4v) is 1.03. The standard InChI is InChI=1S/C11H19FO2/c1-3-4-5-6-7-8-14-11(13)10(2)9-12/h2-9H2,1H3. The summed E-state index contributed by atoms with van der Waals surface area (Å²) in [6.07, 6.45) is 5.48. The Morgan fingerprint density at radius 2 is 1.93 bits per heavy atom. The van der Waals surface area contributed by atoms with Crippen LogP contribution in [0.15, 0.2) is 12.2 Å². The van der Waals surface area contributed by atoms with Crippen molar-refractivity contribution in [2.45, 2.75) is 39.0 Å². The van der Waals surface area contributed by atoms with E-state index in [1.165, 1.54) is 12.8 Å². The molecule has 0 heterocycles. The van der Waals surface area contributed by atoms with Gasteiger partial charge in [-0.1, -0.05) is 39.2 Å². The maximum atomic E-state index is 11.9. The Kier molecular flexibility index (Phi) is 8.19. The van der Waals surface area contributed by atoms with Gasteiger partial charge in [0.2, 0.25) is 0 Å². The molecule has 0 spiro atoms. The molecule has 0 fully saturated rings. The SMILES string of the molecule is C=C(CF)C(=O)OCCCCCCC. The third kappa shape index (κ3) is 6.63. The quantitative estimate of drug-likeness (QED) is 0.343. The minimum absolute atomic E-state index is 0.0986. The first kappa shape index (κ1) is 13.1. The van der Waals surface area contributed by atoms with Crippen molar-refractivity contribution < 1.29 is 13.9 Å². The highest BCUT2D eigenvalue weighted by Gasteiger charge is 2.06. The molecule has 2 nitrogen and oxygen atoms in total. The van der Waals surface area contributed by atoms with Gasteiger partial charge in [0, 0.05) is 0 Å². The van der Waals surface area contributed by atoms with Gasteiger partial charge in [-0.05, 0) is 6.42 Å². The topological polar surface area (TPSA) is 26.3 Å². The molecule has 14 heavy (non-hydrogen) atoms. The highest BCUT2D eigenvalue weighted by atomic mass is 19.1. The minimum atomic E-state index is -0.825. The van der Waals surface area contributed by atoms with Crippen molar-refractivity contribution in [1.29, 1.82) is 0 Å². The predicted octanol–water partition coefficient (Wildman–Crippen LogP) is 3.03. The largest absolute Gasteiger partial charge is 0.462 e. The molecule has 0 aromatic heterocycles. The van der Waals surface area contributed by atoms with Crippen molar-refractivity contribution in [2.24, 2.45) is 0 Å². The lowest BCUT2D eigenvalue weighted by molar-refractivity contribution is -0.139. The molecule has 0 N–H and O–H groups in total. The Morgan fingerprint density at radius 3 is 2.50 bits per heavy atom. The molecule has 0 aliphatic rings. The van der Waals surface area contributed by atoms with E-state index >= 15 is 0 Å².